The zero-order valence-corrected chi connectivity index (χ0v) is 5.91. The third-order valence-electron chi connectivity index (χ3n) is 1.05. The molecule has 1 heteroatoms. The van der Waals surface area contributed by atoms with Gasteiger partial charge in [-0.25, -0.2) is 0 Å². The summed E-state index contributed by atoms with van der Waals surface area (Å²) in [6, 6.07) is 0. The van der Waals surface area contributed by atoms with Crippen molar-refractivity contribution in [3.8, 4) is 0 Å². The van der Waals surface area contributed by atoms with E-state index in [1.54, 1.807) is 0 Å². The summed E-state index contributed by atoms with van der Waals surface area (Å²) in [5.74, 6) is 0. The van der Waals surface area contributed by atoms with E-state index in [-0.39, 0.29) is 6.40 Å². The molecule has 8 heavy (non-hydrogen) atoms. The Labute approximate surface area is 53.9 Å². The molecule has 1 fully saturated rings. The summed E-state index contributed by atoms with van der Waals surface area (Å²) < 4.78 is 7.23. The fourth-order valence-electron chi connectivity index (χ4n) is 0.678. The zero-order valence-electron chi connectivity index (χ0n) is 6.91. The Bertz CT molecular complexity index is 50.9. The first-order valence-corrected chi connectivity index (χ1v) is 3.52. The largest absolute Gasteiger partial charge is 0.317 e. The molecule has 0 aromatic carbocycles. The smallest absolute Gasteiger partial charge is 0.0267 e. The molecule has 1 rings (SSSR count). The average molecular weight is 117 g/mol. The van der Waals surface area contributed by atoms with E-state index in [2.05, 4.69) is 5.32 Å². The molecule has 0 aromatic heterocycles. The highest BCUT2D eigenvalue weighted by molar-refractivity contribution is 4.55. The fraction of sp³-hybridized carbons (Fsp3) is 1.00. The molecule has 0 aliphatic carbocycles. The van der Waals surface area contributed by atoms with E-state index in [4.69, 9.17) is 1.37 Å². The second kappa shape index (κ2) is 6.96. The number of hydrogen-bond donors (Lipinski definition) is 1. The van der Waals surface area contributed by atoms with Crippen LogP contribution in [-0.2, 0) is 0 Å². The van der Waals surface area contributed by atoms with Gasteiger partial charge in [-0.2, -0.15) is 0 Å². The quantitative estimate of drug-likeness (QED) is 0.510. The molecular formula is C7H17N. The Morgan fingerprint density at radius 3 is 2.00 bits per heavy atom. The van der Waals surface area contributed by atoms with Crippen LogP contribution >= 0.6 is 0 Å². The third-order valence-corrected chi connectivity index (χ3v) is 1.05. The highest BCUT2D eigenvalue weighted by Gasteiger charge is 1.93. The molecule has 1 N–H and O–H groups in total. The van der Waals surface area contributed by atoms with Crippen molar-refractivity contribution in [2.24, 2.45) is 0 Å². The molecule has 1 heterocycles. The standard InChI is InChI=1S/C5H11N.C2H6/c1-2-4-6-5-3-1;1-2/h6H,1-5H2;1-2H3/i1T;. The minimum absolute atomic E-state index is 0.223. The molecule has 1 nitrogen and oxygen atoms in total. The van der Waals surface area contributed by atoms with E-state index >= 15 is 0 Å². The van der Waals surface area contributed by atoms with Gasteiger partial charge in [-0.05, 0) is 25.9 Å². The Morgan fingerprint density at radius 1 is 1.25 bits per heavy atom. The van der Waals surface area contributed by atoms with Gasteiger partial charge in [0.25, 0.3) is 0 Å². The maximum atomic E-state index is 7.23. The summed E-state index contributed by atoms with van der Waals surface area (Å²) in [4.78, 5) is 0. The number of piperidine rings is 1. The molecule has 0 bridgehead atoms. The zero-order chi connectivity index (χ0) is 7.11. The van der Waals surface area contributed by atoms with Crippen LogP contribution in [0.4, 0.5) is 0 Å². The molecule has 0 aromatic rings. The highest BCUT2D eigenvalue weighted by atomic mass is 14.9. The highest BCUT2D eigenvalue weighted by Crippen LogP contribution is 1.96. The van der Waals surface area contributed by atoms with E-state index < -0.39 is 0 Å². The van der Waals surface area contributed by atoms with Crippen molar-refractivity contribution in [1.82, 2.24) is 5.32 Å². The van der Waals surface area contributed by atoms with Gasteiger partial charge >= 0.3 is 0 Å². The Balaban J connectivity index is 0.000000291. The van der Waals surface area contributed by atoms with Crippen LogP contribution in [0.1, 0.15) is 34.5 Å². The number of hydrogen-bond acceptors (Lipinski definition) is 1. The van der Waals surface area contributed by atoms with Gasteiger partial charge in [0.15, 0.2) is 0 Å². The monoisotopic (exact) mass is 117 g/mol. The molecule has 0 spiro atoms. The van der Waals surface area contributed by atoms with Crippen molar-refractivity contribution >= 4 is 0 Å². The van der Waals surface area contributed by atoms with Gasteiger partial charge < -0.3 is 5.32 Å². The van der Waals surface area contributed by atoms with Crippen LogP contribution < -0.4 is 5.32 Å². The van der Waals surface area contributed by atoms with Gasteiger partial charge in [-0.3, -0.25) is 0 Å². The predicted molar refractivity (Wildman–Crippen MR) is 38.1 cm³/mol. The second-order valence-electron chi connectivity index (χ2n) is 1.62. The first-order valence-electron chi connectivity index (χ1n) is 4.10. The van der Waals surface area contributed by atoms with Crippen molar-refractivity contribution in [1.29, 1.82) is 0 Å². The van der Waals surface area contributed by atoms with Crippen molar-refractivity contribution in [3.63, 3.8) is 0 Å². The SMILES string of the molecule is CC.[3H]C1CCNCC1. The van der Waals surface area contributed by atoms with E-state index in [9.17, 15) is 0 Å². The molecule has 50 valence electrons. The van der Waals surface area contributed by atoms with Crippen molar-refractivity contribution in [2.45, 2.75) is 33.1 Å². The summed E-state index contributed by atoms with van der Waals surface area (Å²) in [5.41, 5.74) is 0. The van der Waals surface area contributed by atoms with Crippen molar-refractivity contribution in [3.05, 3.63) is 0 Å². The lowest BCUT2D eigenvalue weighted by Gasteiger charge is -2.08. The molecule has 1 saturated heterocycles. The molecule has 0 radical (unpaired) electrons. The first-order chi connectivity index (χ1) is 4.39. The molecule has 0 unspecified atom stereocenters. The first kappa shape index (κ1) is 6.09. The molecule has 0 amide bonds. The lowest BCUT2D eigenvalue weighted by atomic mass is 10.2. The van der Waals surface area contributed by atoms with Gasteiger partial charge in [0.1, 0.15) is 0 Å². The van der Waals surface area contributed by atoms with Gasteiger partial charge in [-0.1, -0.05) is 20.2 Å². The molecule has 1 aliphatic heterocycles. The van der Waals surface area contributed by atoms with Crippen molar-refractivity contribution < 1.29 is 1.37 Å². The summed E-state index contributed by atoms with van der Waals surface area (Å²) in [5, 5.41) is 3.20. The molecular weight excluding hydrogens is 98.1 g/mol. The Morgan fingerprint density at radius 2 is 1.75 bits per heavy atom. The van der Waals surface area contributed by atoms with Crippen molar-refractivity contribution in [2.75, 3.05) is 13.1 Å². The maximum Gasteiger partial charge on any atom is 0.0267 e. The van der Waals surface area contributed by atoms with E-state index in [1.165, 1.54) is 0 Å². The Kier molecular flexibility index (Phi) is 5.29. The minimum Gasteiger partial charge on any atom is -0.317 e. The molecule has 0 saturated carbocycles. The minimum atomic E-state index is 0.223. The van der Waals surface area contributed by atoms with Gasteiger partial charge in [0, 0.05) is 1.37 Å². The predicted octanol–water partition coefficient (Wildman–Crippen LogP) is 1.79. The van der Waals surface area contributed by atoms with Crippen LogP contribution in [0.5, 0.6) is 0 Å². The summed E-state index contributed by atoms with van der Waals surface area (Å²) in [6.45, 7) is 6.10. The van der Waals surface area contributed by atoms with Gasteiger partial charge in [0.05, 0.1) is 0 Å². The Hall–Kier alpha value is -0.0400. The lowest BCUT2D eigenvalue weighted by molar-refractivity contribution is 0.520. The molecule has 0 atom stereocenters. The third kappa shape index (κ3) is 4.13. The van der Waals surface area contributed by atoms with Crippen LogP contribution in [0.15, 0.2) is 0 Å². The lowest BCUT2D eigenvalue weighted by Crippen LogP contribution is -2.21. The van der Waals surface area contributed by atoms with Crippen LogP contribution in [0.3, 0.4) is 0 Å². The molecule has 1 aliphatic rings. The van der Waals surface area contributed by atoms with E-state index in [1.807, 2.05) is 13.8 Å². The summed E-state index contributed by atoms with van der Waals surface area (Å²) in [6.07, 6.45) is 2.31. The van der Waals surface area contributed by atoms with Crippen LogP contribution in [0, 0.1) is 0 Å². The summed E-state index contributed by atoms with van der Waals surface area (Å²) >= 11 is 0. The van der Waals surface area contributed by atoms with Gasteiger partial charge in [-0.15, -0.1) is 0 Å². The normalized spacial score (nSPS) is 23.0. The van der Waals surface area contributed by atoms with E-state index in [0.717, 1.165) is 25.9 Å². The topological polar surface area (TPSA) is 12.0 Å². The number of nitrogens with one attached hydrogen (secondary N) is 1. The van der Waals surface area contributed by atoms with Gasteiger partial charge in [0.2, 0.25) is 0 Å². The van der Waals surface area contributed by atoms with E-state index in [0.29, 0.717) is 0 Å². The fourth-order valence-corrected chi connectivity index (χ4v) is 0.678. The average Bonchev–Trinajstić information content (AvgIpc) is 1.94. The number of rotatable bonds is 0. The van der Waals surface area contributed by atoms with Crippen LogP contribution in [-0.4, -0.2) is 13.1 Å². The second-order valence-corrected chi connectivity index (χ2v) is 1.62. The maximum absolute atomic E-state index is 7.23. The summed E-state index contributed by atoms with van der Waals surface area (Å²) in [7, 11) is 0. The van der Waals surface area contributed by atoms with Crippen LogP contribution in [0.2, 0.25) is 0 Å². The van der Waals surface area contributed by atoms with Crippen LogP contribution in [0.25, 0.3) is 0 Å².